The number of nitrogens with two attached hydrogens (primary N) is 1. The number of nitriles is 1. The van der Waals surface area contributed by atoms with Crippen LogP contribution in [0.3, 0.4) is 0 Å². The van der Waals surface area contributed by atoms with Gasteiger partial charge >= 0.3 is 12.1 Å². The molecule has 0 unspecified atom stereocenters. The molecule has 0 bridgehead atoms. The van der Waals surface area contributed by atoms with Gasteiger partial charge in [-0.25, -0.2) is 13.6 Å². The van der Waals surface area contributed by atoms with E-state index in [9.17, 15) is 41.6 Å². The largest absolute Gasteiger partial charge is 0.491 e. The summed E-state index contributed by atoms with van der Waals surface area (Å²) in [6.07, 6.45) is -0.120. The zero-order chi connectivity index (χ0) is 45.3. The van der Waals surface area contributed by atoms with Gasteiger partial charge in [-0.05, 0) is 102 Å². The average molecular weight is 873 g/mol. The molecule has 1 saturated carbocycles. The molecule has 2 atom stereocenters. The fraction of sp³-hybridized carbons (Fsp3) is 0.348. The van der Waals surface area contributed by atoms with Gasteiger partial charge in [-0.2, -0.15) is 18.4 Å². The molecule has 1 aliphatic carbocycles. The number of fused-ring (bicyclic) bond motifs is 2. The molecular formula is C46H45F5N6O6. The summed E-state index contributed by atoms with van der Waals surface area (Å²) < 4.78 is 65.8. The third kappa shape index (κ3) is 12.0. The number of likely N-dealkylation sites (tertiary alicyclic amines) is 1. The van der Waals surface area contributed by atoms with E-state index in [4.69, 9.17) is 20.4 Å². The van der Waals surface area contributed by atoms with Gasteiger partial charge < -0.3 is 31.1 Å². The summed E-state index contributed by atoms with van der Waals surface area (Å²) in [5.74, 6) is -6.09. The van der Waals surface area contributed by atoms with Gasteiger partial charge in [-0.3, -0.25) is 19.4 Å². The van der Waals surface area contributed by atoms with Crippen LogP contribution in [0.15, 0.2) is 97.2 Å². The van der Waals surface area contributed by atoms with Crippen LogP contribution in [0.1, 0.15) is 48.0 Å². The Morgan fingerprint density at radius 1 is 0.937 bits per heavy atom. The maximum atomic E-state index is 13.9. The second-order valence-corrected chi connectivity index (χ2v) is 15.7. The molecule has 7 rings (SSSR count). The number of benzene rings is 4. The minimum Gasteiger partial charge on any atom is -0.491 e. The summed E-state index contributed by atoms with van der Waals surface area (Å²) in [5.41, 5.74) is 9.48. The number of carboxylic acids is 1. The molecule has 5 N–H and O–H groups in total. The van der Waals surface area contributed by atoms with Gasteiger partial charge in [0.25, 0.3) is 11.8 Å². The Kier molecular flexibility index (Phi) is 14.6. The highest BCUT2D eigenvalue weighted by Crippen LogP contribution is 2.32. The quantitative estimate of drug-likeness (QED) is 0.0954. The fourth-order valence-electron chi connectivity index (χ4n) is 7.79. The smallest absolute Gasteiger partial charge is 0.490 e. The number of ether oxygens (including phenoxy) is 1. The maximum absolute atomic E-state index is 13.9. The molecule has 0 radical (unpaired) electrons. The number of amides is 3. The maximum Gasteiger partial charge on any atom is 0.490 e. The molecule has 5 aromatic rings. The fourth-order valence-corrected chi connectivity index (χ4v) is 7.79. The van der Waals surface area contributed by atoms with Gasteiger partial charge in [0, 0.05) is 23.9 Å². The first-order chi connectivity index (χ1) is 30.0. The number of carbonyl (C=O) groups is 4. The van der Waals surface area contributed by atoms with Gasteiger partial charge in [0.05, 0.1) is 36.3 Å². The third-order valence-corrected chi connectivity index (χ3v) is 11.2. The zero-order valence-corrected chi connectivity index (χ0v) is 33.9. The highest BCUT2D eigenvalue weighted by atomic mass is 19.4. The number of carbonyl (C=O) groups excluding carboxylic acids is 3. The molecular weight excluding hydrogens is 828 g/mol. The van der Waals surface area contributed by atoms with Crippen molar-refractivity contribution in [1.82, 2.24) is 20.5 Å². The topological polar surface area (TPSA) is 188 Å². The number of carboxylic acid groups (broad SMARTS) is 1. The Morgan fingerprint density at radius 3 is 2.29 bits per heavy atom. The molecule has 2 fully saturated rings. The van der Waals surface area contributed by atoms with Crippen LogP contribution in [0.5, 0.6) is 5.75 Å². The molecule has 2 aliphatic rings. The summed E-state index contributed by atoms with van der Waals surface area (Å²) in [6.45, 7) is -0.452. The molecule has 4 aromatic carbocycles. The first-order valence-electron chi connectivity index (χ1n) is 20.3. The van der Waals surface area contributed by atoms with Crippen LogP contribution in [-0.4, -0.2) is 89.1 Å². The van der Waals surface area contributed by atoms with Crippen molar-refractivity contribution in [3.05, 3.63) is 108 Å². The Morgan fingerprint density at radius 2 is 1.62 bits per heavy atom. The van der Waals surface area contributed by atoms with Gasteiger partial charge in [0.2, 0.25) is 11.8 Å². The van der Waals surface area contributed by atoms with Crippen molar-refractivity contribution in [2.24, 2.45) is 17.6 Å². The van der Waals surface area contributed by atoms with E-state index in [0.29, 0.717) is 35.5 Å². The van der Waals surface area contributed by atoms with Crippen molar-refractivity contribution in [3.8, 4) is 22.9 Å². The van der Waals surface area contributed by atoms with Crippen molar-refractivity contribution in [3.63, 3.8) is 0 Å². The number of alkyl halides is 5. The van der Waals surface area contributed by atoms with Gasteiger partial charge in [-0.1, -0.05) is 60.7 Å². The molecule has 330 valence electrons. The second kappa shape index (κ2) is 20.0. The number of aromatic nitrogens is 1. The lowest BCUT2D eigenvalue weighted by atomic mass is 9.81. The first kappa shape index (κ1) is 45.8. The van der Waals surface area contributed by atoms with E-state index < -0.39 is 55.4 Å². The molecule has 1 aromatic heterocycles. The van der Waals surface area contributed by atoms with Crippen LogP contribution in [0, 0.1) is 23.2 Å². The summed E-state index contributed by atoms with van der Waals surface area (Å²) >= 11 is 0. The monoisotopic (exact) mass is 872 g/mol. The lowest BCUT2D eigenvalue weighted by Crippen LogP contribution is -2.44. The molecule has 0 spiro atoms. The number of halogens is 5. The Balaban J connectivity index is 0.000000871. The molecule has 17 heteroatoms. The van der Waals surface area contributed by atoms with Crippen LogP contribution in [0.4, 0.5) is 22.0 Å². The number of hydrogen-bond donors (Lipinski definition) is 4. The van der Waals surface area contributed by atoms with Crippen LogP contribution in [0.2, 0.25) is 0 Å². The molecule has 1 saturated heterocycles. The highest BCUT2D eigenvalue weighted by molar-refractivity contribution is 6.07. The third-order valence-electron chi connectivity index (χ3n) is 11.2. The Labute approximate surface area is 359 Å². The van der Waals surface area contributed by atoms with Crippen molar-refractivity contribution in [2.45, 2.75) is 62.7 Å². The number of rotatable bonds is 12. The Bertz CT molecular complexity index is 2490. The standard InChI is InChI=1S/C44H44F2N6O4.C2HF3O2/c45-44(46)22-36(24-48)52(27-44)41(53)25-50-43(55)38-17-18-49-40-16-13-34(21-39(38)40)31-11-14-37(15-12-31)56-26-35(51-42(54)32-9-5-28(23-47)6-10-32)20-29-7-8-30-3-1-2-4-33(30)19-29;3-2(4,5)1(6)7/h1-4,7-8,11-19,21,28,32,35-36H,5-6,9-10,20,22-23,25-27,47H2,(H,50,55)(H,51,54);(H,6,7)/t28?,32?,35-,36-;/m0./s1. The number of hydrogen-bond acceptors (Lipinski definition) is 8. The summed E-state index contributed by atoms with van der Waals surface area (Å²) in [6, 6.07) is 29.4. The molecule has 3 amide bonds. The van der Waals surface area contributed by atoms with E-state index in [1.165, 1.54) is 12.3 Å². The minimum atomic E-state index is -5.08. The summed E-state index contributed by atoms with van der Waals surface area (Å²) in [5, 5.41) is 25.0. The average Bonchev–Trinajstić information content (AvgIpc) is 3.61. The van der Waals surface area contributed by atoms with Crippen LogP contribution >= 0.6 is 0 Å². The van der Waals surface area contributed by atoms with Crippen molar-refractivity contribution < 1.29 is 51.0 Å². The highest BCUT2D eigenvalue weighted by Gasteiger charge is 2.47. The van der Waals surface area contributed by atoms with Gasteiger partial charge in [0.15, 0.2) is 0 Å². The summed E-state index contributed by atoms with van der Waals surface area (Å²) in [7, 11) is 0. The summed E-state index contributed by atoms with van der Waals surface area (Å²) in [4.78, 5) is 53.5. The van der Waals surface area contributed by atoms with E-state index in [1.807, 2.05) is 48.5 Å². The number of pyridine rings is 1. The predicted octanol–water partition coefficient (Wildman–Crippen LogP) is 7.05. The first-order valence-corrected chi connectivity index (χ1v) is 20.3. The predicted molar refractivity (Wildman–Crippen MR) is 223 cm³/mol. The SMILES string of the molecule is N#C[C@@H]1CC(F)(F)CN1C(=O)CNC(=O)c1ccnc2ccc(-c3ccc(OC[C@H](Cc4ccc5ccccc5c4)NC(=O)C4CCC(CN)CC4)cc3)cc12.O=C(O)C(F)(F)F. The second-order valence-electron chi connectivity index (χ2n) is 15.7. The van der Waals surface area contributed by atoms with Crippen molar-refractivity contribution in [2.75, 3.05) is 26.2 Å². The van der Waals surface area contributed by atoms with Gasteiger partial charge in [-0.15, -0.1) is 0 Å². The molecule has 2 heterocycles. The molecule has 63 heavy (non-hydrogen) atoms. The van der Waals surface area contributed by atoms with E-state index >= 15 is 0 Å². The Hall–Kier alpha value is -6.67. The van der Waals surface area contributed by atoms with Gasteiger partial charge in [0.1, 0.15) is 18.4 Å². The van der Waals surface area contributed by atoms with E-state index in [0.717, 1.165) is 58.0 Å². The van der Waals surface area contributed by atoms with E-state index in [1.54, 1.807) is 12.1 Å². The van der Waals surface area contributed by atoms with Crippen molar-refractivity contribution >= 4 is 45.4 Å². The van der Waals surface area contributed by atoms with E-state index in [2.05, 4.69) is 45.9 Å². The van der Waals surface area contributed by atoms with Crippen LogP contribution < -0.4 is 21.1 Å². The number of nitrogens with one attached hydrogen (secondary N) is 2. The van der Waals surface area contributed by atoms with E-state index in [-0.39, 0.29) is 30.0 Å². The molecule has 12 nitrogen and oxygen atoms in total. The van der Waals surface area contributed by atoms with Crippen LogP contribution in [-0.2, 0) is 20.8 Å². The normalized spacial score (nSPS) is 18.7. The molecule has 1 aliphatic heterocycles. The lowest BCUT2D eigenvalue weighted by Gasteiger charge is -2.28. The minimum absolute atomic E-state index is 0.0367. The lowest BCUT2D eigenvalue weighted by molar-refractivity contribution is -0.192. The van der Waals surface area contributed by atoms with Crippen molar-refractivity contribution in [1.29, 1.82) is 5.26 Å². The zero-order valence-electron chi connectivity index (χ0n) is 33.9. The van der Waals surface area contributed by atoms with Crippen LogP contribution in [0.25, 0.3) is 32.8 Å². The number of nitrogens with zero attached hydrogens (tertiary/aromatic N) is 3. The number of aliphatic carboxylic acids is 1.